The number of hydrogen-bond donors (Lipinski definition) is 12. The molecular formula is CH12B4F3LiO12. The average Bonchev–Trinajstić information content (AvgIpc) is 1.94. The molecule has 21 heavy (non-hydrogen) atoms. The van der Waals surface area contributed by atoms with Gasteiger partial charge in [-0.1, -0.05) is 0 Å². The van der Waals surface area contributed by atoms with E-state index in [2.05, 4.69) is 0 Å². The molecule has 0 aromatic heterocycles. The predicted molar refractivity (Wildman–Crippen MR) is 56.2 cm³/mol. The summed E-state index contributed by atoms with van der Waals surface area (Å²) >= 11 is 0. The minimum atomic E-state index is -3.08. The Hall–Kier alpha value is 0.167. The third-order valence-corrected chi connectivity index (χ3v) is 0. The second-order valence-electron chi connectivity index (χ2n) is 1.60. The molecule has 0 aliphatic rings. The first kappa shape index (κ1) is 37.4. The van der Waals surface area contributed by atoms with Crippen LogP contribution >= 0.6 is 0 Å². The Morgan fingerprint density at radius 3 is 0.429 bits per heavy atom. The zero-order chi connectivity index (χ0) is 17.9. The predicted octanol–water partition coefficient (Wildman–Crippen LogP) is -9.86. The second kappa shape index (κ2) is 32.2. The maximum absolute atomic E-state index is 9.58. The van der Waals surface area contributed by atoms with Gasteiger partial charge in [-0.15, -0.1) is 0 Å². The maximum Gasteiger partial charge on any atom is 1.00 e. The SMILES string of the molecule is F[C-](F)F.OB(O)O.OB(O)O.OB(O)O.OB(O)O.[Li+]. The Morgan fingerprint density at radius 1 is 0.429 bits per heavy atom. The molecule has 0 aliphatic heterocycles. The second-order valence-corrected chi connectivity index (χ2v) is 1.60. The Morgan fingerprint density at radius 2 is 0.429 bits per heavy atom. The Bertz CT molecular complexity index is 95.1. The zero-order valence-corrected chi connectivity index (χ0v) is 10.3. The number of halogens is 3. The summed E-state index contributed by atoms with van der Waals surface area (Å²) in [5, 5.41) is 86.0. The van der Waals surface area contributed by atoms with Gasteiger partial charge in [-0.05, 0) is 0 Å². The van der Waals surface area contributed by atoms with E-state index in [1.807, 2.05) is 0 Å². The molecule has 12 N–H and O–H groups in total. The molecule has 12 nitrogen and oxygen atoms in total. The van der Waals surface area contributed by atoms with Gasteiger partial charge >= 0.3 is 48.1 Å². The number of rotatable bonds is 0. The smallest absolute Gasteiger partial charge is 0.402 e. The first-order chi connectivity index (χ1) is 8.66. The van der Waals surface area contributed by atoms with Crippen molar-refractivity contribution in [1.82, 2.24) is 0 Å². The van der Waals surface area contributed by atoms with Crippen LogP contribution in [0.4, 0.5) is 13.2 Å². The zero-order valence-electron chi connectivity index (χ0n) is 10.3. The Labute approximate surface area is 129 Å². The molecule has 0 bridgehead atoms. The van der Waals surface area contributed by atoms with Crippen molar-refractivity contribution in [3.05, 3.63) is 6.68 Å². The molecule has 0 fully saturated rings. The van der Waals surface area contributed by atoms with Gasteiger partial charge in [-0.2, -0.15) is 0 Å². The fourth-order valence-corrected chi connectivity index (χ4v) is 0. The van der Waals surface area contributed by atoms with Gasteiger partial charge in [0.1, 0.15) is 0 Å². The van der Waals surface area contributed by atoms with Crippen LogP contribution in [0.5, 0.6) is 0 Å². The third kappa shape index (κ3) is 238000. The summed E-state index contributed by atoms with van der Waals surface area (Å²) in [6, 6.07) is 0. The van der Waals surface area contributed by atoms with E-state index in [1.165, 1.54) is 0 Å². The van der Waals surface area contributed by atoms with Crippen LogP contribution in [-0.2, 0) is 0 Å². The van der Waals surface area contributed by atoms with Crippen molar-refractivity contribution in [3.63, 3.8) is 0 Å². The van der Waals surface area contributed by atoms with E-state index in [0.29, 0.717) is 0 Å². The van der Waals surface area contributed by atoms with E-state index in [0.717, 1.165) is 0 Å². The fourth-order valence-electron chi connectivity index (χ4n) is 0. The Balaban J connectivity index is -0.0000000331. The molecule has 0 atom stereocenters. The van der Waals surface area contributed by atoms with E-state index < -0.39 is 36.0 Å². The van der Waals surface area contributed by atoms with Gasteiger partial charge in [0.05, 0.1) is 0 Å². The largest absolute Gasteiger partial charge is 1.00 e. The van der Waals surface area contributed by atoms with Gasteiger partial charge in [0.2, 0.25) is 0 Å². The van der Waals surface area contributed by atoms with Gasteiger partial charge in [0.15, 0.2) is 6.68 Å². The minimum Gasteiger partial charge on any atom is -0.402 e. The quantitative estimate of drug-likeness (QED) is 0.147. The van der Waals surface area contributed by atoms with Gasteiger partial charge in [0.25, 0.3) is 0 Å². The molecule has 0 rings (SSSR count). The molecule has 0 saturated carbocycles. The van der Waals surface area contributed by atoms with Gasteiger partial charge in [-0.3, -0.25) is 0 Å². The summed E-state index contributed by atoms with van der Waals surface area (Å²) < 4.78 is 28.8. The van der Waals surface area contributed by atoms with Gasteiger partial charge < -0.3 is 73.5 Å². The summed E-state index contributed by atoms with van der Waals surface area (Å²) in [5.41, 5.74) is 0. The maximum atomic E-state index is 9.58. The fraction of sp³-hybridized carbons (Fsp3) is 0. The first-order valence-corrected chi connectivity index (χ1v) is 3.67. The average molecular weight is 323 g/mol. The first-order valence-electron chi connectivity index (χ1n) is 3.67. The normalized spacial score (nSPS) is 6.86. The minimum absolute atomic E-state index is 0. The molecule has 20 heteroatoms. The van der Waals surface area contributed by atoms with E-state index in [-0.39, 0.29) is 18.9 Å². The summed E-state index contributed by atoms with van der Waals surface area (Å²) in [6.07, 6.45) is 0. The van der Waals surface area contributed by atoms with Crippen molar-refractivity contribution in [2.45, 2.75) is 0 Å². The van der Waals surface area contributed by atoms with Crippen molar-refractivity contribution in [2.75, 3.05) is 0 Å². The van der Waals surface area contributed by atoms with E-state index in [9.17, 15) is 13.2 Å². The number of hydrogen-bond acceptors (Lipinski definition) is 12. The topological polar surface area (TPSA) is 243 Å². The van der Waals surface area contributed by atoms with Crippen molar-refractivity contribution in [2.24, 2.45) is 0 Å². The Kier molecular flexibility index (Phi) is 57.4. The van der Waals surface area contributed by atoms with E-state index in [4.69, 9.17) is 60.3 Å². The standard InChI is InChI=1S/CF3.4BH3O3.Li/c5*2-1(3)4;/h;4*2-4H;/q-1;;;;;+1. The van der Waals surface area contributed by atoms with Crippen molar-refractivity contribution in [1.29, 1.82) is 0 Å². The monoisotopic (exact) mass is 324 g/mol. The van der Waals surface area contributed by atoms with Crippen molar-refractivity contribution >= 4 is 29.3 Å². The third-order valence-electron chi connectivity index (χ3n) is 0. The molecule has 0 spiro atoms. The van der Waals surface area contributed by atoms with Crippen LogP contribution in [0.15, 0.2) is 0 Å². The molecule has 0 amide bonds. The summed E-state index contributed by atoms with van der Waals surface area (Å²) in [7, 11) is -8.67. The molecular weight excluding hydrogens is 311 g/mol. The van der Waals surface area contributed by atoms with Crippen LogP contribution in [0.2, 0.25) is 0 Å². The van der Waals surface area contributed by atoms with E-state index >= 15 is 0 Å². The van der Waals surface area contributed by atoms with Crippen LogP contribution in [0.25, 0.3) is 0 Å². The van der Waals surface area contributed by atoms with Crippen LogP contribution < -0.4 is 18.9 Å². The molecule has 0 aromatic carbocycles. The van der Waals surface area contributed by atoms with Crippen LogP contribution in [0, 0.1) is 6.68 Å². The van der Waals surface area contributed by atoms with Crippen LogP contribution in [-0.4, -0.2) is 89.6 Å². The van der Waals surface area contributed by atoms with Crippen LogP contribution in [0.3, 0.4) is 0 Å². The molecule has 0 radical (unpaired) electrons. The molecule has 0 aliphatic carbocycles. The van der Waals surface area contributed by atoms with Crippen LogP contribution in [0.1, 0.15) is 0 Å². The van der Waals surface area contributed by atoms with Gasteiger partial charge in [-0.25, -0.2) is 0 Å². The van der Waals surface area contributed by atoms with Gasteiger partial charge in [0, 0.05) is 0 Å². The molecule has 0 aromatic rings. The van der Waals surface area contributed by atoms with Crippen molar-refractivity contribution in [3.8, 4) is 0 Å². The molecule has 0 heterocycles. The summed E-state index contributed by atoms with van der Waals surface area (Å²) in [5.74, 6) is 0. The molecule has 0 saturated heterocycles. The molecule has 0 unspecified atom stereocenters. The van der Waals surface area contributed by atoms with E-state index in [1.54, 1.807) is 0 Å². The molecule has 122 valence electrons. The van der Waals surface area contributed by atoms with Crippen molar-refractivity contribution < 1.29 is 92.3 Å². The summed E-state index contributed by atoms with van der Waals surface area (Å²) in [4.78, 5) is 0. The summed E-state index contributed by atoms with van der Waals surface area (Å²) in [6.45, 7) is -3.08.